The standard InChI is InChI=1S/C17H17Cl2NO5S/c1-11(17(19)21)20(15-10-13(24-2)6-9-16(15)25-3)26(22,23)14-7-4-12(18)5-8-14/h4-11H,1-3H3. The topological polar surface area (TPSA) is 72.9 Å². The average Bonchev–Trinajstić information content (AvgIpc) is 2.61. The summed E-state index contributed by atoms with van der Waals surface area (Å²) in [5.74, 6) is 0.638. The Hall–Kier alpha value is -1.96. The number of halogens is 2. The molecule has 140 valence electrons. The normalized spacial score (nSPS) is 12.3. The number of carbonyl (C=O) groups is 1. The van der Waals surface area contributed by atoms with E-state index in [-0.39, 0.29) is 16.3 Å². The molecule has 0 amide bonds. The van der Waals surface area contributed by atoms with Crippen molar-refractivity contribution in [1.29, 1.82) is 0 Å². The van der Waals surface area contributed by atoms with Gasteiger partial charge in [-0.2, -0.15) is 0 Å². The number of carbonyl (C=O) groups excluding carboxylic acids is 1. The summed E-state index contributed by atoms with van der Waals surface area (Å²) in [6, 6.07) is 9.03. The zero-order chi connectivity index (χ0) is 19.5. The molecule has 0 radical (unpaired) electrons. The van der Waals surface area contributed by atoms with Crippen molar-refractivity contribution in [3.05, 3.63) is 47.5 Å². The number of rotatable bonds is 7. The highest BCUT2D eigenvalue weighted by molar-refractivity contribution is 7.93. The van der Waals surface area contributed by atoms with Crippen molar-refractivity contribution in [2.24, 2.45) is 0 Å². The Morgan fingerprint density at radius 1 is 1.08 bits per heavy atom. The SMILES string of the molecule is COc1ccc(OC)c(N(C(C)C(=O)Cl)S(=O)(=O)c2ccc(Cl)cc2)c1. The Morgan fingerprint density at radius 3 is 2.19 bits per heavy atom. The lowest BCUT2D eigenvalue weighted by atomic mass is 10.2. The molecule has 0 aromatic heterocycles. The maximum absolute atomic E-state index is 13.2. The van der Waals surface area contributed by atoms with E-state index in [2.05, 4.69) is 0 Å². The predicted octanol–water partition coefficient (Wildman–Crippen LogP) is 3.71. The second kappa shape index (κ2) is 8.16. The smallest absolute Gasteiger partial charge is 0.265 e. The lowest BCUT2D eigenvalue weighted by Gasteiger charge is -2.29. The van der Waals surface area contributed by atoms with Crippen LogP contribution in [0.5, 0.6) is 11.5 Å². The van der Waals surface area contributed by atoms with Gasteiger partial charge in [-0.15, -0.1) is 0 Å². The second-order valence-electron chi connectivity index (χ2n) is 5.27. The molecule has 2 aromatic rings. The van der Waals surface area contributed by atoms with Crippen LogP contribution in [0.4, 0.5) is 5.69 Å². The highest BCUT2D eigenvalue weighted by atomic mass is 35.5. The van der Waals surface area contributed by atoms with Gasteiger partial charge in [-0.3, -0.25) is 9.10 Å². The molecule has 6 nitrogen and oxygen atoms in total. The fraction of sp³-hybridized carbons (Fsp3) is 0.235. The minimum atomic E-state index is -4.14. The fourth-order valence-corrected chi connectivity index (χ4v) is 4.23. The van der Waals surface area contributed by atoms with Gasteiger partial charge >= 0.3 is 0 Å². The summed E-state index contributed by atoms with van der Waals surface area (Å²) in [5, 5.41) is -0.455. The van der Waals surface area contributed by atoms with Crippen molar-refractivity contribution in [3.63, 3.8) is 0 Å². The molecule has 2 rings (SSSR count). The minimum Gasteiger partial charge on any atom is -0.497 e. The zero-order valence-electron chi connectivity index (χ0n) is 14.3. The van der Waals surface area contributed by atoms with E-state index in [0.717, 1.165) is 4.31 Å². The van der Waals surface area contributed by atoms with Crippen LogP contribution in [0, 0.1) is 0 Å². The van der Waals surface area contributed by atoms with E-state index >= 15 is 0 Å². The van der Waals surface area contributed by atoms with E-state index < -0.39 is 21.3 Å². The van der Waals surface area contributed by atoms with Crippen LogP contribution in [0.15, 0.2) is 47.4 Å². The Bertz CT molecular complexity index is 900. The third kappa shape index (κ3) is 4.06. The molecule has 0 heterocycles. The van der Waals surface area contributed by atoms with Crippen molar-refractivity contribution in [1.82, 2.24) is 0 Å². The molecule has 0 bridgehead atoms. The van der Waals surface area contributed by atoms with E-state index in [1.807, 2.05) is 0 Å². The van der Waals surface area contributed by atoms with Crippen LogP contribution < -0.4 is 13.8 Å². The van der Waals surface area contributed by atoms with Crippen LogP contribution in [-0.2, 0) is 14.8 Å². The molecule has 0 aliphatic carbocycles. The van der Waals surface area contributed by atoms with Crippen LogP contribution in [0.1, 0.15) is 6.92 Å². The van der Waals surface area contributed by atoms with Crippen LogP contribution >= 0.6 is 23.2 Å². The third-order valence-corrected chi connectivity index (χ3v) is 6.14. The third-order valence-electron chi connectivity index (χ3n) is 3.67. The molecule has 0 saturated carbocycles. The van der Waals surface area contributed by atoms with Crippen molar-refractivity contribution in [2.45, 2.75) is 17.9 Å². The second-order valence-corrected chi connectivity index (χ2v) is 7.90. The molecule has 9 heteroatoms. The first-order chi connectivity index (χ1) is 12.2. The van der Waals surface area contributed by atoms with Gasteiger partial charge < -0.3 is 9.47 Å². The molecule has 26 heavy (non-hydrogen) atoms. The Labute approximate surface area is 162 Å². The van der Waals surface area contributed by atoms with E-state index in [1.165, 1.54) is 51.5 Å². The number of nitrogens with zero attached hydrogens (tertiary/aromatic N) is 1. The highest BCUT2D eigenvalue weighted by Crippen LogP contribution is 2.37. The number of benzene rings is 2. The number of sulfonamides is 1. The first-order valence-corrected chi connectivity index (χ1v) is 9.63. The predicted molar refractivity (Wildman–Crippen MR) is 101 cm³/mol. The van der Waals surface area contributed by atoms with Gasteiger partial charge in [0.15, 0.2) is 0 Å². The van der Waals surface area contributed by atoms with Gasteiger partial charge in [0.05, 0.1) is 24.8 Å². The molecule has 0 saturated heterocycles. The molecule has 0 fully saturated rings. The molecule has 0 aliphatic heterocycles. The summed E-state index contributed by atoms with van der Waals surface area (Å²) >= 11 is 11.5. The van der Waals surface area contributed by atoms with Gasteiger partial charge in [0.25, 0.3) is 10.0 Å². The number of hydrogen-bond acceptors (Lipinski definition) is 5. The van der Waals surface area contributed by atoms with Gasteiger partial charge in [-0.1, -0.05) is 11.6 Å². The fourth-order valence-electron chi connectivity index (χ4n) is 2.33. The van der Waals surface area contributed by atoms with E-state index in [0.29, 0.717) is 10.8 Å². The quantitative estimate of drug-likeness (QED) is 0.641. The first-order valence-electron chi connectivity index (χ1n) is 7.43. The minimum absolute atomic E-state index is 0.0449. The monoisotopic (exact) mass is 417 g/mol. The number of methoxy groups -OCH3 is 2. The molecule has 1 atom stereocenters. The summed E-state index contributed by atoms with van der Waals surface area (Å²) in [6.45, 7) is 1.39. The molecule has 0 spiro atoms. The lowest BCUT2D eigenvalue weighted by Crippen LogP contribution is -2.42. The lowest BCUT2D eigenvalue weighted by molar-refractivity contribution is -0.112. The van der Waals surface area contributed by atoms with Crippen molar-refractivity contribution < 1.29 is 22.7 Å². The number of hydrogen-bond donors (Lipinski definition) is 0. The van der Waals surface area contributed by atoms with Crippen LogP contribution in [-0.4, -0.2) is 33.9 Å². The Morgan fingerprint density at radius 2 is 1.69 bits per heavy atom. The summed E-state index contributed by atoms with van der Waals surface area (Å²) in [7, 11) is -1.30. The average molecular weight is 418 g/mol. The Balaban J connectivity index is 2.72. The van der Waals surface area contributed by atoms with E-state index in [1.54, 1.807) is 12.1 Å². The van der Waals surface area contributed by atoms with Gasteiger partial charge in [-0.25, -0.2) is 8.42 Å². The zero-order valence-corrected chi connectivity index (χ0v) is 16.6. The van der Waals surface area contributed by atoms with Crippen LogP contribution in [0.25, 0.3) is 0 Å². The summed E-state index contributed by atoms with van der Waals surface area (Å²) in [5.41, 5.74) is 0.128. The molecular weight excluding hydrogens is 401 g/mol. The van der Waals surface area contributed by atoms with Crippen molar-refractivity contribution in [2.75, 3.05) is 18.5 Å². The molecule has 0 N–H and O–H groups in total. The highest BCUT2D eigenvalue weighted by Gasteiger charge is 2.34. The summed E-state index contributed by atoms with van der Waals surface area (Å²) < 4.78 is 37.8. The van der Waals surface area contributed by atoms with Gasteiger partial charge in [0.2, 0.25) is 5.24 Å². The maximum Gasteiger partial charge on any atom is 0.265 e. The number of ether oxygens (including phenoxy) is 2. The van der Waals surface area contributed by atoms with Gasteiger partial charge in [0, 0.05) is 11.1 Å². The molecule has 0 aliphatic rings. The van der Waals surface area contributed by atoms with Crippen LogP contribution in [0.2, 0.25) is 5.02 Å². The van der Waals surface area contributed by atoms with Gasteiger partial charge in [-0.05, 0) is 54.9 Å². The van der Waals surface area contributed by atoms with Gasteiger partial charge in [0.1, 0.15) is 17.5 Å². The first kappa shape index (κ1) is 20.4. The largest absolute Gasteiger partial charge is 0.497 e. The van der Waals surface area contributed by atoms with Crippen molar-refractivity contribution >= 4 is 44.2 Å². The maximum atomic E-state index is 13.2. The molecule has 1 unspecified atom stereocenters. The van der Waals surface area contributed by atoms with Crippen LogP contribution in [0.3, 0.4) is 0 Å². The van der Waals surface area contributed by atoms with E-state index in [4.69, 9.17) is 32.7 Å². The number of anilines is 1. The van der Waals surface area contributed by atoms with Crippen molar-refractivity contribution in [3.8, 4) is 11.5 Å². The summed E-state index contributed by atoms with van der Waals surface area (Å²) in [4.78, 5) is 11.8. The molecule has 2 aromatic carbocycles. The Kier molecular flexibility index (Phi) is 6.39. The molecular formula is C17H17Cl2NO5S. The summed E-state index contributed by atoms with van der Waals surface area (Å²) in [6.07, 6.45) is 0. The van der Waals surface area contributed by atoms with E-state index in [9.17, 15) is 13.2 Å².